The van der Waals surface area contributed by atoms with Gasteiger partial charge in [-0.3, -0.25) is 0 Å². The molecule has 0 aliphatic heterocycles. The van der Waals surface area contributed by atoms with Crippen molar-refractivity contribution in [2.45, 2.75) is 6.18 Å². The molecule has 2 rings (SSSR count). The summed E-state index contributed by atoms with van der Waals surface area (Å²) in [6.07, 6.45) is -0.359. The SMILES string of the molecule is O=C(/C=C/c1ccc(C(F)(F)F)cc1)Oc1cccnc1Br. The number of rotatable bonds is 3. The Labute approximate surface area is 132 Å². The molecule has 7 heteroatoms. The van der Waals surface area contributed by atoms with E-state index in [4.69, 9.17) is 4.74 Å². The van der Waals surface area contributed by atoms with Crippen molar-refractivity contribution in [3.8, 4) is 5.75 Å². The summed E-state index contributed by atoms with van der Waals surface area (Å²) in [6.45, 7) is 0. The fraction of sp³-hybridized carbons (Fsp3) is 0.0667. The van der Waals surface area contributed by atoms with Gasteiger partial charge in [0, 0.05) is 12.3 Å². The van der Waals surface area contributed by atoms with Crippen LogP contribution in [0.3, 0.4) is 0 Å². The third kappa shape index (κ3) is 4.42. The molecule has 0 amide bonds. The first-order chi connectivity index (χ1) is 10.4. The predicted molar refractivity (Wildman–Crippen MR) is 78.1 cm³/mol. The van der Waals surface area contributed by atoms with Crippen molar-refractivity contribution in [1.82, 2.24) is 4.98 Å². The van der Waals surface area contributed by atoms with Crippen LogP contribution < -0.4 is 4.74 Å². The smallest absolute Gasteiger partial charge is 0.416 e. The molecule has 0 saturated heterocycles. The Morgan fingerprint density at radius 2 is 1.86 bits per heavy atom. The van der Waals surface area contributed by atoms with E-state index in [-0.39, 0.29) is 5.75 Å². The standard InChI is InChI=1S/C15H9BrF3NO2/c16-14-12(2-1-9-20-14)22-13(21)8-5-10-3-6-11(7-4-10)15(17,18)19/h1-9H/b8-5+. The zero-order valence-electron chi connectivity index (χ0n) is 11.0. The molecule has 22 heavy (non-hydrogen) atoms. The molecule has 0 bridgehead atoms. The average molecular weight is 372 g/mol. The Kier molecular flexibility index (Phi) is 4.97. The van der Waals surface area contributed by atoms with Gasteiger partial charge in [-0.25, -0.2) is 9.78 Å². The van der Waals surface area contributed by atoms with Crippen molar-refractivity contribution >= 4 is 28.0 Å². The number of alkyl halides is 3. The molecule has 0 aliphatic carbocycles. The highest BCUT2D eigenvalue weighted by atomic mass is 79.9. The second kappa shape index (κ2) is 6.74. The highest BCUT2D eigenvalue weighted by Gasteiger charge is 2.29. The molecule has 3 nitrogen and oxygen atoms in total. The summed E-state index contributed by atoms with van der Waals surface area (Å²) in [7, 11) is 0. The summed E-state index contributed by atoms with van der Waals surface area (Å²) in [5.41, 5.74) is -0.290. The van der Waals surface area contributed by atoms with Crippen molar-refractivity contribution in [2.75, 3.05) is 0 Å². The first kappa shape index (κ1) is 16.2. The van der Waals surface area contributed by atoms with Crippen molar-refractivity contribution in [3.63, 3.8) is 0 Å². The zero-order valence-corrected chi connectivity index (χ0v) is 12.6. The number of carbonyl (C=O) groups excluding carboxylic acids is 1. The Bertz CT molecular complexity index is 697. The van der Waals surface area contributed by atoms with Gasteiger partial charge in [-0.2, -0.15) is 13.2 Å². The highest BCUT2D eigenvalue weighted by Crippen LogP contribution is 2.29. The maximum atomic E-state index is 12.4. The molecule has 114 valence electrons. The first-order valence-electron chi connectivity index (χ1n) is 6.04. The third-order valence-corrected chi connectivity index (χ3v) is 3.18. The Balaban J connectivity index is 2.02. The third-order valence-electron chi connectivity index (χ3n) is 2.59. The number of hydrogen-bond acceptors (Lipinski definition) is 3. The predicted octanol–water partition coefficient (Wildman–Crippen LogP) is 4.48. The van der Waals surface area contributed by atoms with E-state index in [0.717, 1.165) is 18.2 Å². The van der Waals surface area contributed by atoms with Gasteiger partial charge in [0.1, 0.15) is 4.60 Å². The van der Waals surface area contributed by atoms with Crippen LogP contribution in [0, 0.1) is 0 Å². The monoisotopic (exact) mass is 371 g/mol. The summed E-state index contributed by atoms with van der Waals surface area (Å²) in [4.78, 5) is 15.5. The summed E-state index contributed by atoms with van der Waals surface area (Å²) >= 11 is 3.13. The average Bonchev–Trinajstić information content (AvgIpc) is 2.47. The minimum absolute atomic E-state index is 0.254. The molecule has 1 aromatic heterocycles. The maximum Gasteiger partial charge on any atom is 0.416 e. The van der Waals surface area contributed by atoms with Gasteiger partial charge in [-0.1, -0.05) is 12.1 Å². The maximum absolute atomic E-state index is 12.4. The summed E-state index contributed by atoms with van der Waals surface area (Å²) in [6, 6.07) is 7.60. The minimum Gasteiger partial charge on any atom is -0.420 e. The largest absolute Gasteiger partial charge is 0.420 e. The lowest BCUT2D eigenvalue weighted by atomic mass is 10.1. The van der Waals surface area contributed by atoms with E-state index in [1.165, 1.54) is 24.4 Å². The molecule has 2 aromatic rings. The number of halogens is 4. The van der Waals surface area contributed by atoms with Crippen molar-refractivity contribution in [3.05, 3.63) is 64.4 Å². The van der Waals surface area contributed by atoms with Crippen LogP contribution in [0.15, 0.2) is 53.3 Å². The van der Waals surface area contributed by atoms with Crippen LogP contribution in [0.4, 0.5) is 13.2 Å². The number of hydrogen-bond donors (Lipinski definition) is 0. The van der Waals surface area contributed by atoms with E-state index in [1.54, 1.807) is 12.1 Å². The number of ether oxygens (including phenoxy) is 1. The second-order valence-corrected chi connectivity index (χ2v) is 4.92. The Morgan fingerprint density at radius 1 is 1.18 bits per heavy atom. The fourth-order valence-electron chi connectivity index (χ4n) is 1.54. The highest BCUT2D eigenvalue weighted by molar-refractivity contribution is 9.10. The topological polar surface area (TPSA) is 39.2 Å². The normalized spacial score (nSPS) is 11.6. The number of aromatic nitrogens is 1. The first-order valence-corrected chi connectivity index (χ1v) is 6.83. The quantitative estimate of drug-likeness (QED) is 0.453. The van der Waals surface area contributed by atoms with Crippen LogP contribution in [-0.2, 0) is 11.0 Å². The van der Waals surface area contributed by atoms with E-state index in [0.29, 0.717) is 10.2 Å². The van der Waals surface area contributed by atoms with E-state index in [1.807, 2.05) is 0 Å². The number of carbonyl (C=O) groups is 1. The van der Waals surface area contributed by atoms with Crippen molar-refractivity contribution in [1.29, 1.82) is 0 Å². The Hall–Kier alpha value is -2.15. The van der Waals surface area contributed by atoms with Crippen LogP contribution in [0.1, 0.15) is 11.1 Å². The number of benzene rings is 1. The van der Waals surface area contributed by atoms with E-state index >= 15 is 0 Å². The van der Waals surface area contributed by atoms with E-state index < -0.39 is 17.7 Å². The van der Waals surface area contributed by atoms with Gasteiger partial charge in [0.2, 0.25) is 0 Å². The number of nitrogens with zero attached hydrogens (tertiary/aromatic N) is 1. The lowest BCUT2D eigenvalue weighted by Crippen LogP contribution is -2.05. The van der Waals surface area contributed by atoms with E-state index in [9.17, 15) is 18.0 Å². The molecule has 1 heterocycles. The van der Waals surface area contributed by atoms with Crippen molar-refractivity contribution in [2.24, 2.45) is 0 Å². The van der Waals surface area contributed by atoms with Crippen molar-refractivity contribution < 1.29 is 22.7 Å². The second-order valence-electron chi connectivity index (χ2n) is 4.17. The van der Waals surface area contributed by atoms with Crippen LogP contribution in [-0.4, -0.2) is 11.0 Å². The lowest BCUT2D eigenvalue weighted by Gasteiger charge is -2.06. The van der Waals surface area contributed by atoms with Gasteiger partial charge < -0.3 is 4.74 Å². The molecule has 0 atom stereocenters. The number of esters is 1. The summed E-state index contributed by atoms with van der Waals surface area (Å²) in [5, 5.41) is 0. The molecule has 0 radical (unpaired) electrons. The van der Waals surface area contributed by atoms with Gasteiger partial charge in [-0.05, 0) is 51.8 Å². The van der Waals surface area contributed by atoms with Crippen LogP contribution >= 0.6 is 15.9 Å². The van der Waals surface area contributed by atoms with Crippen LogP contribution in [0.2, 0.25) is 0 Å². The van der Waals surface area contributed by atoms with Crippen LogP contribution in [0.25, 0.3) is 6.08 Å². The molecule has 0 aliphatic rings. The summed E-state index contributed by atoms with van der Waals surface area (Å²) < 4.78 is 42.6. The van der Waals surface area contributed by atoms with Gasteiger partial charge in [0.15, 0.2) is 5.75 Å². The van der Waals surface area contributed by atoms with Gasteiger partial charge in [-0.15, -0.1) is 0 Å². The molecule has 0 fully saturated rings. The molecular weight excluding hydrogens is 363 g/mol. The molecule has 0 saturated carbocycles. The van der Waals surface area contributed by atoms with Gasteiger partial charge in [0.05, 0.1) is 5.56 Å². The van der Waals surface area contributed by atoms with Crippen LogP contribution in [0.5, 0.6) is 5.75 Å². The molecule has 0 unspecified atom stereocenters. The van der Waals surface area contributed by atoms with Gasteiger partial charge >= 0.3 is 12.1 Å². The lowest BCUT2D eigenvalue weighted by molar-refractivity contribution is -0.137. The van der Waals surface area contributed by atoms with E-state index in [2.05, 4.69) is 20.9 Å². The zero-order chi connectivity index (χ0) is 16.2. The minimum atomic E-state index is -4.38. The van der Waals surface area contributed by atoms with Gasteiger partial charge in [0.25, 0.3) is 0 Å². The Morgan fingerprint density at radius 3 is 2.45 bits per heavy atom. The number of pyridine rings is 1. The molecule has 0 spiro atoms. The fourth-order valence-corrected chi connectivity index (χ4v) is 1.87. The molecular formula is C15H9BrF3NO2. The molecule has 0 N–H and O–H groups in total. The summed E-state index contributed by atoms with van der Waals surface area (Å²) in [5.74, 6) is -0.404. The molecule has 1 aromatic carbocycles.